The Morgan fingerprint density at radius 2 is 1.41 bits per heavy atom. The maximum Gasteiger partial charge on any atom is 0.294 e. The summed E-state index contributed by atoms with van der Waals surface area (Å²) in [6, 6.07) is 12.6. The van der Waals surface area contributed by atoms with Crippen molar-refractivity contribution in [2.75, 3.05) is 53.3 Å². The third kappa shape index (κ3) is 15.7. The van der Waals surface area contributed by atoms with Crippen molar-refractivity contribution in [3.63, 3.8) is 0 Å². The fourth-order valence-corrected chi connectivity index (χ4v) is 9.15. The summed E-state index contributed by atoms with van der Waals surface area (Å²) >= 11 is 0. The fourth-order valence-electron chi connectivity index (χ4n) is 6.72. The molecule has 5 rings (SSSR count). The van der Waals surface area contributed by atoms with Crippen molar-refractivity contribution in [2.45, 2.75) is 69.1 Å². The van der Waals surface area contributed by atoms with Crippen molar-refractivity contribution in [1.82, 2.24) is 50.4 Å². The second-order valence-electron chi connectivity index (χ2n) is 15.8. The van der Waals surface area contributed by atoms with Crippen LogP contribution in [0.1, 0.15) is 57.9 Å². The van der Waals surface area contributed by atoms with Gasteiger partial charge in [-0.3, -0.25) is 33.2 Å². The van der Waals surface area contributed by atoms with Crippen molar-refractivity contribution in [2.24, 2.45) is 16.1 Å². The quantitative estimate of drug-likeness (QED) is 0.0158. The molecule has 5 N–H and O–H groups in total. The largest absolute Gasteiger partial charge is 0.497 e. The maximum atomic E-state index is 13.8. The number of carbonyl (C=O) groups is 3. The molecular formula is C43H55FN12O12S2. The number of ether oxygens (including phenoxy) is 3. The second kappa shape index (κ2) is 25.8. The molecule has 3 aromatic carbocycles. The number of hydrogen-bond acceptors (Lipinski definition) is 17. The van der Waals surface area contributed by atoms with Crippen molar-refractivity contribution in [3.05, 3.63) is 101 Å². The molecule has 1 atom stereocenters. The van der Waals surface area contributed by atoms with Gasteiger partial charge in [0.05, 0.1) is 92.4 Å². The fraction of sp³-hybridized carbons (Fsp3) is 0.419. The molecule has 0 aliphatic rings. The van der Waals surface area contributed by atoms with Crippen molar-refractivity contribution < 1.29 is 59.6 Å². The summed E-state index contributed by atoms with van der Waals surface area (Å²) in [4.78, 5) is 38.9. The van der Waals surface area contributed by atoms with Gasteiger partial charge in [0.15, 0.2) is 0 Å². The van der Waals surface area contributed by atoms with E-state index in [1.54, 1.807) is 25.5 Å². The molecule has 0 unspecified atom stereocenters. The zero-order valence-corrected chi connectivity index (χ0v) is 40.4. The molecule has 378 valence electrons. The van der Waals surface area contributed by atoms with Gasteiger partial charge < -0.3 is 24.8 Å². The molecule has 27 heteroatoms. The predicted octanol–water partition coefficient (Wildman–Crippen LogP) is 3.36. The number of sulfonamides is 1. The lowest BCUT2D eigenvalue weighted by Crippen LogP contribution is -2.51. The van der Waals surface area contributed by atoms with Gasteiger partial charge in [0.2, 0.25) is 10.0 Å². The number of hydrogen-bond donors (Lipinski definition) is 5. The Labute approximate surface area is 403 Å². The molecule has 0 saturated carbocycles. The number of aromatic nitrogens is 6. The Hall–Kier alpha value is -6.62. The van der Waals surface area contributed by atoms with Gasteiger partial charge in [0, 0.05) is 36.6 Å². The zero-order valence-electron chi connectivity index (χ0n) is 38.8. The number of nitrogens with zero attached hydrogens (tertiary/aromatic N) is 9. The highest BCUT2D eigenvalue weighted by atomic mass is 32.2. The number of halogens is 1. The number of carbonyl (C=O) groups excluding carboxylic acids is 3. The minimum absolute atomic E-state index is 0.0551. The minimum atomic E-state index is -4.54. The predicted molar refractivity (Wildman–Crippen MR) is 247 cm³/mol. The molecule has 70 heavy (non-hydrogen) atoms. The first-order valence-electron chi connectivity index (χ1n) is 21.7. The van der Waals surface area contributed by atoms with Crippen LogP contribution >= 0.6 is 0 Å². The van der Waals surface area contributed by atoms with Crippen LogP contribution in [0.15, 0.2) is 93.1 Å². The number of alkyl halides is 1. The summed E-state index contributed by atoms with van der Waals surface area (Å²) in [7, 11) is -7.39. The van der Waals surface area contributed by atoms with Gasteiger partial charge in [-0.15, -0.1) is 10.2 Å². The smallest absolute Gasteiger partial charge is 0.294 e. The zero-order chi connectivity index (χ0) is 50.8. The van der Waals surface area contributed by atoms with Crippen LogP contribution in [0.3, 0.4) is 0 Å². The SMILES string of the molecule is COc1ccc(S(=O)(=O)N(Cc2cn(CCOCCOCCNC(=O)c3cc(N=Nc4ccc(C)c(S(=O)(=O)O)c4)cc(C(=O)NCCn4cc(CCCF)nn4)c3)nn2)[C@@H](C(=O)NO)C(C)C)cc1. The molecule has 0 aliphatic carbocycles. The van der Waals surface area contributed by atoms with Gasteiger partial charge in [0.1, 0.15) is 11.8 Å². The van der Waals surface area contributed by atoms with E-state index in [-0.39, 0.29) is 103 Å². The standard InChI is InChI=1S/C43H55FN12O12S2/c1-29(2)40(43(59)51-60)56(69(61,62)38-11-9-37(66-4)10-12-38)28-36-27-55(53-50-36)17-19-68-21-20-67-18-15-46-42(58)32-22-31(41(57)45-14-16-54-26-34(49-52-54)6-5-13-44)23-35(24-32)48-47-33-8-7-30(3)39(25-33)70(63,64)65/h7-12,22-27,29,40,60H,5-6,13-21,28H2,1-4H3,(H,45,57)(H,46,58)(H,51,59)(H,63,64,65)/t40-/m1/s1. The molecule has 2 aromatic heterocycles. The lowest BCUT2D eigenvalue weighted by Gasteiger charge is -2.31. The van der Waals surface area contributed by atoms with Crippen molar-refractivity contribution >= 4 is 49.2 Å². The number of azo groups is 1. The Morgan fingerprint density at radius 3 is 2.04 bits per heavy atom. The molecule has 2 heterocycles. The van der Waals surface area contributed by atoms with E-state index < -0.39 is 56.5 Å². The third-order valence-corrected chi connectivity index (χ3v) is 13.0. The van der Waals surface area contributed by atoms with Gasteiger partial charge in [-0.2, -0.15) is 23.0 Å². The Kier molecular flexibility index (Phi) is 20.0. The molecule has 0 saturated heterocycles. The number of benzene rings is 3. The summed E-state index contributed by atoms with van der Waals surface area (Å²) < 4.78 is 93.8. The first-order valence-corrected chi connectivity index (χ1v) is 24.6. The van der Waals surface area contributed by atoms with Crippen LogP contribution in [-0.4, -0.2) is 138 Å². The highest BCUT2D eigenvalue weighted by molar-refractivity contribution is 7.89. The van der Waals surface area contributed by atoms with Crippen LogP contribution in [0, 0.1) is 12.8 Å². The van der Waals surface area contributed by atoms with Crippen molar-refractivity contribution in [1.29, 1.82) is 0 Å². The first-order chi connectivity index (χ1) is 33.4. The minimum Gasteiger partial charge on any atom is -0.497 e. The number of rotatable bonds is 28. The van der Waals surface area contributed by atoms with Gasteiger partial charge in [-0.25, -0.2) is 18.6 Å². The van der Waals surface area contributed by atoms with E-state index in [0.717, 1.165) is 10.4 Å². The number of nitrogens with one attached hydrogen (secondary N) is 3. The lowest BCUT2D eigenvalue weighted by atomic mass is 10.0. The second-order valence-corrected chi connectivity index (χ2v) is 19.0. The van der Waals surface area contributed by atoms with E-state index in [9.17, 15) is 45.4 Å². The highest BCUT2D eigenvalue weighted by Gasteiger charge is 2.38. The normalized spacial score (nSPS) is 12.4. The van der Waals surface area contributed by atoms with E-state index in [4.69, 9.17) is 14.2 Å². The monoisotopic (exact) mass is 1010 g/mol. The molecule has 24 nitrogen and oxygen atoms in total. The number of amides is 3. The molecule has 0 spiro atoms. The summed E-state index contributed by atoms with van der Waals surface area (Å²) in [6.45, 7) is 5.28. The van der Waals surface area contributed by atoms with E-state index in [1.807, 2.05) is 0 Å². The Bertz CT molecular complexity index is 2810. The molecular weight excluding hydrogens is 960 g/mol. The Balaban J connectivity index is 1.12. The van der Waals surface area contributed by atoms with Crippen LogP contribution in [-0.2, 0) is 60.5 Å². The summed E-state index contributed by atoms with van der Waals surface area (Å²) in [5, 5.41) is 39.2. The average Bonchev–Trinajstić information content (AvgIpc) is 4.00. The summed E-state index contributed by atoms with van der Waals surface area (Å²) in [5.74, 6) is -2.14. The van der Waals surface area contributed by atoms with Gasteiger partial charge in [0.25, 0.3) is 27.8 Å². The molecule has 0 radical (unpaired) electrons. The number of hydroxylamine groups is 1. The van der Waals surface area contributed by atoms with Crippen LogP contribution in [0.4, 0.5) is 15.8 Å². The maximum absolute atomic E-state index is 13.8. The highest BCUT2D eigenvalue weighted by Crippen LogP contribution is 2.27. The molecule has 3 amide bonds. The molecule has 0 bridgehead atoms. The number of methoxy groups -OCH3 is 1. The van der Waals surface area contributed by atoms with E-state index >= 15 is 0 Å². The van der Waals surface area contributed by atoms with Crippen molar-refractivity contribution in [3.8, 4) is 5.75 Å². The molecule has 5 aromatic rings. The van der Waals surface area contributed by atoms with Crippen LogP contribution in [0.5, 0.6) is 5.75 Å². The van der Waals surface area contributed by atoms with Gasteiger partial charge in [-0.05, 0) is 85.8 Å². The molecule has 0 fully saturated rings. The molecule has 0 aliphatic heterocycles. The van der Waals surface area contributed by atoms with Crippen LogP contribution < -0.4 is 20.9 Å². The summed E-state index contributed by atoms with van der Waals surface area (Å²) in [5.41, 5.74) is 2.99. The number of aryl methyl sites for hydroxylation is 2. The lowest BCUT2D eigenvalue weighted by molar-refractivity contribution is -0.134. The topological polar surface area (TPSA) is 313 Å². The van der Waals surface area contributed by atoms with E-state index in [0.29, 0.717) is 24.3 Å². The summed E-state index contributed by atoms with van der Waals surface area (Å²) in [6.07, 6.45) is 3.92. The van der Waals surface area contributed by atoms with Crippen LogP contribution in [0.2, 0.25) is 0 Å². The van der Waals surface area contributed by atoms with Gasteiger partial charge >= 0.3 is 0 Å². The van der Waals surface area contributed by atoms with Crippen LogP contribution in [0.25, 0.3) is 0 Å². The average molecular weight is 1020 g/mol. The first kappa shape index (κ1) is 54.3. The van der Waals surface area contributed by atoms with E-state index in [1.165, 1.54) is 84.2 Å². The van der Waals surface area contributed by atoms with E-state index in [2.05, 4.69) is 41.5 Å². The van der Waals surface area contributed by atoms with Gasteiger partial charge in [-0.1, -0.05) is 30.3 Å². The third-order valence-electron chi connectivity index (χ3n) is 10.2. The Morgan fingerprint density at radius 1 is 0.800 bits per heavy atom.